The summed E-state index contributed by atoms with van der Waals surface area (Å²) in [5, 5.41) is 5.85. The lowest BCUT2D eigenvalue weighted by Crippen LogP contribution is -2.42. The fourth-order valence-electron chi connectivity index (χ4n) is 3.78. The van der Waals surface area contributed by atoms with Crippen molar-refractivity contribution in [1.29, 1.82) is 0 Å². The summed E-state index contributed by atoms with van der Waals surface area (Å²) in [5.74, 6) is -2.29. The number of carbonyl (C=O) groups excluding carboxylic acids is 3. The lowest BCUT2D eigenvalue weighted by molar-refractivity contribution is -0.131. The van der Waals surface area contributed by atoms with E-state index in [0.29, 0.717) is 20.6 Å². The van der Waals surface area contributed by atoms with Crippen molar-refractivity contribution < 1.29 is 27.5 Å². The normalized spacial score (nSPS) is 18.6. The molecule has 4 rings (SSSR count). The number of benzene rings is 2. The molecule has 0 aromatic heterocycles. The predicted molar refractivity (Wildman–Crippen MR) is 129 cm³/mol. The van der Waals surface area contributed by atoms with Crippen LogP contribution in [-0.2, 0) is 26.0 Å². The van der Waals surface area contributed by atoms with Crippen molar-refractivity contribution in [3.63, 3.8) is 0 Å². The van der Waals surface area contributed by atoms with Crippen LogP contribution in [0.15, 0.2) is 41.3 Å². The molecule has 9 nitrogen and oxygen atoms in total. The van der Waals surface area contributed by atoms with Gasteiger partial charge in [-0.15, -0.1) is 0 Å². The van der Waals surface area contributed by atoms with E-state index in [1.54, 1.807) is 18.2 Å². The number of hydrogen-bond acceptors (Lipinski definition) is 6. The highest BCUT2D eigenvalue weighted by atomic mass is 35.5. The maximum absolute atomic E-state index is 13.5. The van der Waals surface area contributed by atoms with Gasteiger partial charge in [-0.3, -0.25) is 14.4 Å². The Hall–Kier alpha value is -2.82. The molecule has 2 aliphatic rings. The minimum atomic E-state index is -4.48. The van der Waals surface area contributed by atoms with Crippen LogP contribution < -0.4 is 15.4 Å². The van der Waals surface area contributed by atoms with Crippen LogP contribution in [0.5, 0.6) is 5.75 Å². The zero-order valence-corrected chi connectivity index (χ0v) is 21.0. The number of rotatable bonds is 7. The number of halogens is 2. The largest absolute Gasteiger partial charge is 0.496 e. The smallest absolute Gasteiger partial charge is 0.267 e. The van der Waals surface area contributed by atoms with Gasteiger partial charge in [0.25, 0.3) is 15.9 Å². The molecule has 1 saturated carbocycles. The van der Waals surface area contributed by atoms with Crippen molar-refractivity contribution in [2.75, 3.05) is 20.2 Å². The first kappa shape index (κ1) is 25.3. The van der Waals surface area contributed by atoms with Gasteiger partial charge < -0.3 is 15.4 Å². The zero-order chi connectivity index (χ0) is 25.3. The van der Waals surface area contributed by atoms with Gasteiger partial charge in [0.2, 0.25) is 11.8 Å². The van der Waals surface area contributed by atoms with Gasteiger partial charge in [-0.2, -0.15) is 0 Å². The Kier molecular flexibility index (Phi) is 7.25. The van der Waals surface area contributed by atoms with Crippen LogP contribution in [0.25, 0.3) is 0 Å². The molecular formula is C23H23Cl2N3O6S. The van der Waals surface area contributed by atoms with E-state index in [1.165, 1.54) is 19.2 Å². The molecule has 1 heterocycles. The maximum Gasteiger partial charge on any atom is 0.267 e. The van der Waals surface area contributed by atoms with Crippen LogP contribution >= 0.6 is 23.2 Å². The number of ether oxygens (including phenoxy) is 1. The molecule has 2 fully saturated rings. The first-order valence-electron chi connectivity index (χ1n) is 10.9. The average Bonchev–Trinajstić information content (AvgIpc) is 3.64. The van der Waals surface area contributed by atoms with Gasteiger partial charge in [0.15, 0.2) is 0 Å². The Bertz CT molecular complexity index is 1300. The second-order valence-corrected chi connectivity index (χ2v) is 11.1. The number of hydrogen-bond donors (Lipinski definition) is 2. The first-order valence-corrected chi connectivity index (χ1v) is 13.1. The summed E-state index contributed by atoms with van der Waals surface area (Å²) in [6.07, 6.45) is 1.78. The minimum Gasteiger partial charge on any atom is -0.496 e. The van der Waals surface area contributed by atoms with E-state index in [2.05, 4.69) is 10.6 Å². The molecule has 0 spiro atoms. The third-order valence-corrected chi connectivity index (χ3v) is 8.12. The molecule has 3 amide bonds. The van der Waals surface area contributed by atoms with Crippen LogP contribution in [0.1, 0.15) is 28.8 Å². The van der Waals surface area contributed by atoms with Gasteiger partial charge in [0.1, 0.15) is 12.3 Å². The number of methoxy groups -OCH3 is 1. The van der Waals surface area contributed by atoms with E-state index in [4.69, 9.17) is 27.9 Å². The average molecular weight is 540 g/mol. The number of nitrogens with one attached hydrogen (secondary N) is 2. The van der Waals surface area contributed by atoms with Crippen LogP contribution in [0.2, 0.25) is 10.0 Å². The van der Waals surface area contributed by atoms with E-state index in [1.807, 2.05) is 0 Å². The fourth-order valence-corrected chi connectivity index (χ4v) is 5.62. The SMILES string of the molecule is COc1ccc(Cl)cc1CC1CNC(=O)CN(S(=O)(=O)c2ccc(Cl)c(C(=O)NC3CC3)c2)C1=O. The number of carbonyl (C=O) groups is 3. The van der Waals surface area contributed by atoms with Crippen LogP contribution in [0.3, 0.4) is 0 Å². The van der Waals surface area contributed by atoms with Crippen molar-refractivity contribution in [3.8, 4) is 5.75 Å². The van der Waals surface area contributed by atoms with Crippen molar-refractivity contribution >= 4 is 50.9 Å². The summed E-state index contributed by atoms with van der Waals surface area (Å²) in [7, 11) is -3.01. The quantitative estimate of drug-likeness (QED) is 0.557. The molecule has 1 unspecified atom stereocenters. The Morgan fingerprint density at radius 1 is 1.17 bits per heavy atom. The predicted octanol–water partition coefficient (Wildman–Crippen LogP) is 2.40. The Balaban J connectivity index is 1.65. The number of nitrogens with zero attached hydrogens (tertiary/aromatic N) is 1. The van der Waals surface area contributed by atoms with Crippen LogP contribution in [-0.4, -0.2) is 56.7 Å². The molecule has 0 bridgehead atoms. The molecule has 12 heteroatoms. The van der Waals surface area contributed by atoms with Gasteiger partial charge in [-0.25, -0.2) is 12.7 Å². The summed E-state index contributed by atoms with van der Waals surface area (Å²) in [5.41, 5.74) is 0.573. The summed E-state index contributed by atoms with van der Waals surface area (Å²) in [6.45, 7) is -0.744. The highest BCUT2D eigenvalue weighted by Gasteiger charge is 2.39. The third kappa shape index (κ3) is 5.55. The van der Waals surface area contributed by atoms with E-state index in [-0.39, 0.29) is 34.5 Å². The summed E-state index contributed by atoms with van der Waals surface area (Å²) in [6, 6.07) is 8.56. The highest BCUT2D eigenvalue weighted by molar-refractivity contribution is 7.89. The number of amides is 3. The lowest BCUT2D eigenvalue weighted by atomic mass is 9.98. The van der Waals surface area contributed by atoms with E-state index in [0.717, 1.165) is 18.9 Å². The molecule has 1 atom stereocenters. The standard InChI is InChI=1S/C23H23Cl2N3O6S/c1-34-20-7-2-15(24)9-13(20)8-14-11-26-21(29)12-28(23(14)31)35(32,33)17-5-6-19(25)18(10-17)22(30)27-16-3-4-16/h2,5-7,9-10,14,16H,3-4,8,11-12H2,1H3,(H,26,29)(H,27,30). The Morgan fingerprint density at radius 3 is 2.60 bits per heavy atom. The summed E-state index contributed by atoms with van der Waals surface area (Å²) >= 11 is 12.2. The number of sulfonamides is 1. The topological polar surface area (TPSA) is 122 Å². The molecule has 2 aromatic carbocycles. The second-order valence-electron chi connectivity index (χ2n) is 8.40. The monoisotopic (exact) mass is 539 g/mol. The van der Waals surface area contributed by atoms with Gasteiger partial charge in [0.05, 0.1) is 28.5 Å². The first-order chi connectivity index (χ1) is 16.6. The molecule has 0 radical (unpaired) electrons. The van der Waals surface area contributed by atoms with Crippen molar-refractivity contribution in [3.05, 3.63) is 57.6 Å². The van der Waals surface area contributed by atoms with Gasteiger partial charge in [-0.05, 0) is 61.2 Å². The molecule has 1 aliphatic heterocycles. The summed E-state index contributed by atoms with van der Waals surface area (Å²) < 4.78 is 32.9. The molecule has 35 heavy (non-hydrogen) atoms. The Labute approximate surface area is 212 Å². The van der Waals surface area contributed by atoms with Crippen molar-refractivity contribution in [2.45, 2.75) is 30.2 Å². The van der Waals surface area contributed by atoms with E-state index < -0.39 is 40.2 Å². The lowest BCUT2D eigenvalue weighted by Gasteiger charge is -2.23. The molecule has 2 aromatic rings. The fraction of sp³-hybridized carbons (Fsp3) is 0.348. The second kappa shape index (κ2) is 10.0. The summed E-state index contributed by atoms with van der Waals surface area (Å²) in [4.78, 5) is 38.0. The van der Waals surface area contributed by atoms with Crippen LogP contribution in [0, 0.1) is 5.92 Å². The molecule has 1 saturated heterocycles. The molecule has 2 N–H and O–H groups in total. The van der Waals surface area contributed by atoms with E-state index in [9.17, 15) is 22.8 Å². The van der Waals surface area contributed by atoms with Crippen molar-refractivity contribution in [1.82, 2.24) is 14.9 Å². The molecule has 186 valence electrons. The van der Waals surface area contributed by atoms with Gasteiger partial charge in [0, 0.05) is 17.6 Å². The third-order valence-electron chi connectivity index (χ3n) is 5.82. The van der Waals surface area contributed by atoms with Gasteiger partial charge in [-0.1, -0.05) is 23.2 Å². The minimum absolute atomic E-state index is 0.0217. The molecule has 1 aliphatic carbocycles. The highest BCUT2D eigenvalue weighted by Crippen LogP contribution is 2.29. The van der Waals surface area contributed by atoms with Crippen molar-refractivity contribution in [2.24, 2.45) is 5.92 Å². The Morgan fingerprint density at radius 2 is 1.91 bits per heavy atom. The van der Waals surface area contributed by atoms with Crippen LogP contribution in [0.4, 0.5) is 0 Å². The zero-order valence-electron chi connectivity index (χ0n) is 18.7. The molecular weight excluding hydrogens is 517 g/mol. The van der Waals surface area contributed by atoms with Gasteiger partial charge >= 0.3 is 0 Å². The van der Waals surface area contributed by atoms with E-state index >= 15 is 0 Å². The maximum atomic E-state index is 13.5.